The molecule has 0 aliphatic heterocycles. The highest BCUT2D eigenvalue weighted by Crippen LogP contribution is 2.17. The molecule has 0 bridgehead atoms. The molecule has 0 unspecified atom stereocenters. The molecule has 2 aromatic heterocycles. The molecule has 0 radical (unpaired) electrons. The Labute approximate surface area is 164 Å². The number of imidazole rings is 1. The topological polar surface area (TPSA) is 51.9 Å². The van der Waals surface area contributed by atoms with E-state index >= 15 is 0 Å². The van der Waals surface area contributed by atoms with Crippen LogP contribution >= 0.6 is 0 Å². The predicted octanol–water partition coefficient (Wildman–Crippen LogP) is 4.21. The second-order valence-corrected chi connectivity index (χ2v) is 6.81. The Bertz CT molecular complexity index is 1060. The molecule has 4 aromatic rings. The van der Waals surface area contributed by atoms with E-state index in [-0.39, 0.29) is 5.91 Å². The number of amides is 1. The van der Waals surface area contributed by atoms with E-state index in [0.717, 1.165) is 35.5 Å². The number of carbonyl (C=O) groups is 1. The Morgan fingerprint density at radius 2 is 1.75 bits per heavy atom. The third-order valence-corrected chi connectivity index (χ3v) is 4.85. The number of nitrogens with one attached hydrogen (secondary N) is 1. The van der Waals surface area contributed by atoms with Gasteiger partial charge in [-0.05, 0) is 55.0 Å². The monoisotopic (exact) mass is 372 g/mol. The van der Waals surface area contributed by atoms with Crippen LogP contribution in [0.5, 0.6) is 0 Å². The summed E-state index contributed by atoms with van der Waals surface area (Å²) in [7, 11) is 0. The number of aromatic nitrogens is 3. The standard InChI is InChI=1S/C23H24N4O/c1-2-15-27-21-8-4-3-7-20(21)25-22(27)13-14-24-23(28)18-9-11-19(12-10-18)26-16-5-6-17-26/h3-12,16-17H,2,13-15H2,1H3,(H,24,28). The van der Waals surface area contributed by atoms with Gasteiger partial charge in [0.05, 0.1) is 11.0 Å². The molecule has 5 heteroatoms. The van der Waals surface area contributed by atoms with Gasteiger partial charge in [-0.25, -0.2) is 4.98 Å². The Morgan fingerprint density at radius 1 is 1.00 bits per heavy atom. The molecule has 0 aliphatic rings. The Kier molecular flexibility index (Phi) is 5.24. The van der Waals surface area contributed by atoms with Crippen LogP contribution in [-0.2, 0) is 13.0 Å². The van der Waals surface area contributed by atoms with Crippen LogP contribution in [0.1, 0.15) is 29.5 Å². The summed E-state index contributed by atoms with van der Waals surface area (Å²) in [6.07, 6.45) is 5.73. The molecule has 2 aromatic carbocycles. The lowest BCUT2D eigenvalue weighted by molar-refractivity contribution is 0.0954. The largest absolute Gasteiger partial charge is 0.352 e. The molecule has 0 fully saturated rings. The number of benzene rings is 2. The Balaban J connectivity index is 1.40. The van der Waals surface area contributed by atoms with Crippen molar-refractivity contribution in [2.24, 2.45) is 0 Å². The van der Waals surface area contributed by atoms with E-state index < -0.39 is 0 Å². The first-order valence-electron chi connectivity index (χ1n) is 9.72. The van der Waals surface area contributed by atoms with Crippen LogP contribution in [0.4, 0.5) is 0 Å². The highest BCUT2D eigenvalue weighted by molar-refractivity contribution is 5.94. The molecule has 0 spiro atoms. The summed E-state index contributed by atoms with van der Waals surface area (Å²) < 4.78 is 4.27. The third-order valence-electron chi connectivity index (χ3n) is 4.85. The fourth-order valence-electron chi connectivity index (χ4n) is 3.47. The van der Waals surface area contributed by atoms with E-state index in [1.807, 2.05) is 71.6 Å². The molecule has 0 aliphatic carbocycles. The van der Waals surface area contributed by atoms with Gasteiger partial charge < -0.3 is 14.5 Å². The van der Waals surface area contributed by atoms with Gasteiger partial charge >= 0.3 is 0 Å². The average molecular weight is 372 g/mol. The van der Waals surface area contributed by atoms with Gasteiger partial charge in [0.2, 0.25) is 0 Å². The smallest absolute Gasteiger partial charge is 0.251 e. The zero-order valence-electron chi connectivity index (χ0n) is 16.0. The lowest BCUT2D eigenvalue weighted by atomic mass is 10.2. The summed E-state index contributed by atoms with van der Waals surface area (Å²) in [4.78, 5) is 17.2. The first-order valence-corrected chi connectivity index (χ1v) is 9.72. The number of carbonyl (C=O) groups excluding carboxylic acids is 1. The summed E-state index contributed by atoms with van der Waals surface area (Å²) in [6, 6.07) is 19.8. The van der Waals surface area contributed by atoms with Gasteiger partial charge in [0.1, 0.15) is 5.82 Å². The summed E-state index contributed by atoms with van der Waals surface area (Å²) in [5.74, 6) is 0.962. The maximum Gasteiger partial charge on any atom is 0.251 e. The molecule has 2 heterocycles. The van der Waals surface area contributed by atoms with E-state index in [9.17, 15) is 4.79 Å². The van der Waals surface area contributed by atoms with Crippen LogP contribution in [0.2, 0.25) is 0 Å². The quantitative estimate of drug-likeness (QED) is 0.528. The summed E-state index contributed by atoms with van der Waals surface area (Å²) in [5.41, 5.74) is 3.87. The lowest BCUT2D eigenvalue weighted by Crippen LogP contribution is -2.26. The van der Waals surface area contributed by atoms with E-state index in [1.54, 1.807) is 0 Å². The number of hydrogen-bond acceptors (Lipinski definition) is 2. The highest BCUT2D eigenvalue weighted by Gasteiger charge is 2.11. The van der Waals surface area contributed by atoms with Crippen LogP contribution < -0.4 is 5.32 Å². The van der Waals surface area contributed by atoms with Gasteiger partial charge in [0, 0.05) is 43.2 Å². The Hall–Kier alpha value is -3.34. The molecule has 4 rings (SSSR count). The van der Waals surface area contributed by atoms with Crippen molar-refractivity contribution < 1.29 is 4.79 Å². The fraction of sp³-hybridized carbons (Fsp3) is 0.217. The van der Waals surface area contributed by atoms with Gasteiger partial charge in [0.25, 0.3) is 5.91 Å². The Morgan fingerprint density at radius 3 is 2.50 bits per heavy atom. The van der Waals surface area contributed by atoms with Crippen LogP contribution in [-0.4, -0.2) is 26.6 Å². The van der Waals surface area contributed by atoms with Crippen molar-refractivity contribution in [3.63, 3.8) is 0 Å². The second kappa shape index (κ2) is 8.13. The van der Waals surface area contributed by atoms with Gasteiger partial charge in [-0.1, -0.05) is 19.1 Å². The normalized spacial score (nSPS) is 11.0. The van der Waals surface area contributed by atoms with Crippen LogP contribution in [0, 0.1) is 0 Å². The minimum absolute atomic E-state index is 0.0581. The maximum absolute atomic E-state index is 12.5. The van der Waals surface area contributed by atoms with Crippen molar-refractivity contribution in [3.05, 3.63) is 84.4 Å². The molecule has 5 nitrogen and oxygen atoms in total. The van der Waals surface area contributed by atoms with Gasteiger partial charge in [-0.3, -0.25) is 4.79 Å². The molecule has 0 saturated heterocycles. The van der Waals surface area contributed by atoms with Crippen molar-refractivity contribution in [3.8, 4) is 5.69 Å². The highest BCUT2D eigenvalue weighted by atomic mass is 16.1. The fourth-order valence-corrected chi connectivity index (χ4v) is 3.47. The number of hydrogen-bond donors (Lipinski definition) is 1. The number of aryl methyl sites for hydroxylation is 1. The third kappa shape index (κ3) is 3.69. The molecule has 1 amide bonds. The lowest BCUT2D eigenvalue weighted by Gasteiger charge is -2.09. The van der Waals surface area contributed by atoms with Crippen molar-refractivity contribution >= 4 is 16.9 Å². The number of fused-ring (bicyclic) bond motifs is 1. The summed E-state index contributed by atoms with van der Waals surface area (Å²) in [5, 5.41) is 3.02. The van der Waals surface area contributed by atoms with Crippen molar-refractivity contribution in [1.82, 2.24) is 19.4 Å². The van der Waals surface area contributed by atoms with Crippen LogP contribution in [0.3, 0.4) is 0 Å². The zero-order chi connectivity index (χ0) is 19.3. The predicted molar refractivity (Wildman–Crippen MR) is 112 cm³/mol. The maximum atomic E-state index is 12.5. The molecule has 1 N–H and O–H groups in total. The molecular formula is C23H24N4O. The van der Waals surface area contributed by atoms with Crippen LogP contribution in [0.15, 0.2) is 73.1 Å². The second-order valence-electron chi connectivity index (χ2n) is 6.81. The summed E-state index contributed by atoms with van der Waals surface area (Å²) >= 11 is 0. The van der Waals surface area contributed by atoms with Crippen molar-refractivity contribution in [2.45, 2.75) is 26.3 Å². The van der Waals surface area contributed by atoms with Gasteiger partial charge in [-0.2, -0.15) is 0 Å². The molecule has 0 atom stereocenters. The average Bonchev–Trinajstić information content (AvgIpc) is 3.37. The minimum atomic E-state index is -0.0581. The molecule has 0 saturated carbocycles. The number of para-hydroxylation sites is 2. The van der Waals surface area contributed by atoms with Crippen molar-refractivity contribution in [2.75, 3.05) is 6.54 Å². The molecular weight excluding hydrogens is 348 g/mol. The van der Waals surface area contributed by atoms with Gasteiger partial charge in [0.15, 0.2) is 0 Å². The zero-order valence-corrected chi connectivity index (χ0v) is 16.0. The van der Waals surface area contributed by atoms with E-state index in [1.165, 1.54) is 0 Å². The van der Waals surface area contributed by atoms with Crippen LogP contribution in [0.25, 0.3) is 16.7 Å². The number of nitrogens with zero attached hydrogens (tertiary/aromatic N) is 3. The van der Waals surface area contributed by atoms with E-state index in [2.05, 4.69) is 22.9 Å². The van der Waals surface area contributed by atoms with E-state index in [4.69, 9.17) is 4.98 Å². The van der Waals surface area contributed by atoms with Crippen molar-refractivity contribution in [1.29, 1.82) is 0 Å². The summed E-state index contributed by atoms with van der Waals surface area (Å²) in [6.45, 7) is 3.66. The minimum Gasteiger partial charge on any atom is -0.352 e. The first-order chi connectivity index (χ1) is 13.8. The SMILES string of the molecule is CCCn1c(CCNC(=O)c2ccc(-n3cccc3)cc2)nc2ccccc21. The van der Waals surface area contributed by atoms with Gasteiger partial charge in [-0.15, -0.1) is 0 Å². The number of rotatable bonds is 7. The molecule has 142 valence electrons. The first kappa shape index (κ1) is 18.0. The van der Waals surface area contributed by atoms with E-state index in [0.29, 0.717) is 18.5 Å². The molecule has 28 heavy (non-hydrogen) atoms.